The van der Waals surface area contributed by atoms with Crippen molar-refractivity contribution in [3.05, 3.63) is 218 Å². The summed E-state index contributed by atoms with van der Waals surface area (Å²) in [5, 5.41) is 6.93. The zero-order valence-electron chi connectivity index (χ0n) is 31.1. The molecule has 0 radical (unpaired) electrons. The number of para-hydroxylation sites is 4. The lowest BCUT2D eigenvalue weighted by atomic mass is 9.92. The number of benzene rings is 10. The summed E-state index contributed by atoms with van der Waals surface area (Å²) in [5.41, 5.74) is 11.2. The molecule has 0 aromatic heterocycles. The molecule has 1 aliphatic heterocycles. The van der Waals surface area contributed by atoms with Gasteiger partial charge in [-0.2, -0.15) is 0 Å². The standard InChI is InChI=1S/C54H36N2O/c1-5-17-37(18-6-1)44-25-13-15-27-47(44)55(41-21-9-3-10-22-41)43-35-40-30-29-39-31-32-46-49(33-34-50-54(46)53(39)52(40)51(36-43)57-50)56(42-23-11-4-12-24-42)48-28-16-14-26-45(48)38-19-7-2-8-20-38/h1-36H. The van der Waals surface area contributed by atoms with Crippen molar-refractivity contribution in [2.24, 2.45) is 0 Å². The van der Waals surface area contributed by atoms with Gasteiger partial charge in [0.05, 0.1) is 22.7 Å². The van der Waals surface area contributed by atoms with E-state index in [1.807, 2.05) is 0 Å². The Bertz CT molecular complexity index is 3090. The third-order valence-corrected chi connectivity index (χ3v) is 11.2. The molecule has 0 saturated heterocycles. The van der Waals surface area contributed by atoms with Crippen LogP contribution in [0.2, 0.25) is 0 Å². The van der Waals surface area contributed by atoms with Crippen molar-refractivity contribution in [1.29, 1.82) is 0 Å². The van der Waals surface area contributed by atoms with Gasteiger partial charge in [-0.15, -0.1) is 0 Å². The summed E-state index contributed by atoms with van der Waals surface area (Å²) in [5.74, 6) is 1.71. The summed E-state index contributed by atoms with van der Waals surface area (Å²) in [6.07, 6.45) is 0. The highest BCUT2D eigenvalue weighted by Crippen LogP contribution is 2.53. The predicted molar refractivity (Wildman–Crippen MR) is 239 cm³/mol. The summed E-state index contributed by atoms with van der Waals surface area (Å²) in [7, 11) is 0. The molecule has 0 N–H and O–H groups in total. The van der Waals surface area contributed by atoms with E-state index in [2.05, 4.69) is 228 Å². The van der Waals surface area contributed by atoms with E-state index in [1.54, 1.807) is 0 Å². The summed E-state index contributed by atoms with van der Waals surface area (Å²) >= 11 is 0. The number of rotatable bonds is 8. The Morgan fingerprint density at radius 2 is 0.807 bits per heavy atom. The Labute approximate surface area is 331 Å². The maximum atomic E-state index is 7.06. The van der Waals surface area contributed by atoms with Crippen LogP contribution in [0.3, 0.4) is 0 Å². The molecular formula is C54H36N2O. The fourth-order valence-corrected chi connectivity index (χ4v) is 8.68. The average molecular weight is 729 g/mol. The molecule has 10 aromatic rings. The summed E-state index contributed by atoms with van der Waals surface area (Å²) in [6, 6.07) is 77.9. The minimum Gasteiger partial charge on any atom is -0.456 e. The second-order valence-electron chi connectivity index (χ2n) is 14.5. The molecule has 0 aliphatic carbocycles. The maximum absolute atomic E-state index is 7.06. The molecule has 0 amide bonds. The Morgan fingerprint density at radius 3 is 1.44 bits per heavy atom. The van der Waals surface area contributed by atoms with Crippen molar-refractivity contribution in [2.75, 3.05) is 9.80 Å². The first-order valence-electron chi connectivity index (χ1n) is 19.4. The predicted octanol–water partition coefficient (Wildman–Crippen LogP) is 15.5. The number of anilines is 6. The zero-order chi connectivity index (χ0) is 37.7. The fourth-order valence-electron chi connectivity index (χ4n) is 8.68. The quantitative estimate of drug-likeness (QED) is 0.145. The first-order chi connectivity index (χ1) is 28.3. The van der Waals surface area contributed by atoms with Crippen molar-refractivity contribution in [2.45, 2.75) is 0 Å². The highest BCUT2D eigenvalue weighted by atomic mass is 16.5. The highest BCUT2D eigenvalue weighted by Gasteiger charge is 2.27. The molecule has 11 rings (SSSR count). The third-order valence-electron chi connectivity index (χ3n) is 11.2. The molecule has 0 saturated carbocycles. The maximum Gasteiger partial charge on any atom is 0.138 e. The number of hydrogen-bond acceptors (Lipinski definition) is 3. The number of nitrogens with zero attached hydrogens (tertiary/aromatic N) is 2. The van der Waals surface area contributed by atoms with Gasteiger partial charge in [-0.25, -0.2) is 0 Å². The van der Waals surface area contributed by atoms with Crippen LogP contribution in [0.25, 0.3) is 54.6 Å². The molecule has 0 fully saturated rings. The van der Waals surface area contributed by atoms with E-state index in [0.29, 0.717) is 0 Å². The minimum absolute atomic E-state index is 0.855. The van der Waals surface area contributed by atoms with Gasteiger partial charge in [0, 0.05) is 50.1 Å². The molecule has 0 spiro atoms. The van der Waals surface area contributed by atoms with Crippen LogP contribution < -0.4 is 14.5 Å². The van der Waals surface area contributed by atoms with Gasteiger partial charge in [-0.05, 0) is 76.5 Å². The van der Waals surface area contributed by atoms with E-state index in [9.17, 15) is 0 Å². The van der Waals surface area contributed by atoms with Crippen LogP contribution in [0, 0.1) is 0 Å². The van der Waals surface area contributed by atoms with E-state index in [1.165, 1.54) is 27.5 Å². The summed E-state index contributed by atoms with van der Waals surface area (Å²) in [4.78, 5) is 4.75. The van der Waals surface area contributed by atoms with Gasteiger partial charge in [0.15, 0.2) is 0 Å². The third kappa shape index (κ3) is 5.51. The molecule has 0 unspecified atom stereocenters. The molecule has 0 bridgehead atoms. The SMILES string of the molecule is c1ccc(-c2ccccc2N(c2ccccc2)c2cc3c4c(ccc5ccc6c(N(c7ccccc7)c7ccccc7-c7ccccc7)ccc(c6c54)O3)c2)cc1. The normalized spacial score (nSPS) is 11.6. The topological polar surface area (TPSA) is 15.7 Å². The van der Waals surface area contributed by atoms with Crippen LogP contribution in [0.15, 0.2) is 218 Å². The van der Waals surface area contributed by atoms with Gasteiger partial charge in [0.25, 0.3) is 0 Å². The van der Waals surface area contributed by atoms with Gasteiger partial charge >= 0.3 is 0 Å². The van der Waals surface area contributed by atoms with E-state index in [-0.39, 0.29) is 0 Å². The fraction of sp³-hybridized carbons (Fsp3) is 0. The van der Waals surface area contributed by atoms with Gasteiger partial charge in [0.2, 0.25) is 0 Å². The number of hydrogen-bond donors (Lipinski definition) is 0. The van der Waals surface area contributed by atoms with E-state index in [0.717, 1.165) is 72.7 Å². The average Bonchev–Trinajstić information content (AvgIpc) is 3.28. The van der Waals surface area contributed by atoms with Crippen LogP contribution >= 0.6 is 0 Å². The second kappa shape index (κ2) is 13.6. The van der Waals surface area contributed by atoms with Gasteiger partial charge in [0.1, 0.15) is 11.5 Å². The Balaban J connectivity index is 1.14. The number of ether oxygens (including phenoxy) is 1. The lowest BCUT2D eigenvalue weighted by Crippen LogP contribution is -2.12. The zero-order valence-corrected chi connectivity index (χ0v) is 31.1. The van der Waals surface area contributed by atoms with Crippen molar-refractivity contribution in [3.8, 4) is 33.8 Å². The lowest BCUT2D eigenvalue weighted by Gasteiger charge is -2.31. The molecule has 3 nitrogen and oxygen atoms in total. The van der Waals surface area contributed by atoms with Gasteiger partial charge in [-0.1, -0.05) is 158 Å². The van der Waals surface area contributed by atoms with Crippen molar-refractivity contribution in [1.82, 2.24) is 0 Å². The van der Waals surface area contributed by atoms with Gasteiger partial charge < -0.3 is 14.5 Å². The van der Waals surface area contributed by atoms with E-state index < -0.39 is 0 Å². The Hall–Kier alpha value is -7.62. The van der Waals surface area contributed by atoms with E-state index in [4.69, 9.17) is 4.74 Å². The molecule has 57 heavy (non-hydrogen) atoms. The highest BCUT2D eigenvalue weighted by molar-refractivity contribution is 6.27. The largest absolute Gasteiger partial charge is 0.456 e. The molecule has 3 heteroatoms. The Kier molecular flexibility index (Phi) is 7.82. The van der Waals surface area contributed by atoms with Gasteiger partial charge in [-0.3, -0.25) is 0 Å². The first-order valence-corrected chi connectivity index (χ1v) is 19.4. The molecule has 1 heterocycles. The van der Waals surface area contributed by atoms with Crippen LogP contribution in [0.4, 0.5) is 34.1 Å². The summed E-state index contributed by atoms with van der Waals surface area (Å²) in [6.45, 7) is 0. The van der Waals surface area contributed by atoms with Crippen LogP contribution in [0.1, 0.15) is 0 Å². The van der Waals surface area contributed by atoms with Crippen LogP contribution in [0.5, 0.6) is 11.5 Å². The molecule has 268 valence electrons. The second-order valence-corrected chi connectivity index (χ2v) is 14.5. The van der Waals surface area contributed by atoms with Crippen molar-refractivity contribution >= 4 is 66.4 Å². The van der Waals surface area contributed by atoms with Crippen LogP contribution in [-0.2, 0) is 0 Å². The first kappa shape index (κ1) is 32.8. The molecule has 10 aromatic carbocycles. The van der Waals surface area contributed by atoms with Crippen molar-refractivity contribution in [3.63, 3.8) is 0 Å². The van der Waals surface area contributed by atoms with Crippen LogP contribution in [-0.4, -0.2) is 0 Å². The smallest absolute Gasteiger partial charge is 0.138 e. The molecule has 1 aliphatic rings. The monoisotopic (exact) mass is 728 g/mol. The Morgan fingerprint density at radius 1 is 0.298 bits per heavy atom. The summed E-state index contributed by atoms with van der Waals surface area (Å²) < 4.78 is 7.06. The van der Waals surface area contributed by atoms with E-state index >= 15 is 0 Å². The van der Waals surface area contributed by atoms with Crippen molar-refractivity contribution < 1.29 is 4.74 Å². The minimum atomic E-state index is 0.855. The molecular weight excluding hydrogens is 693 g/mol. The lowest BCUT2D eigenvalue weighted by molar-refractivity contribution is 0.493. The molecule has 0 atom stereocenters.